The molecule has 35 heavy (non-hydrogen) atoms. The van der Waals surface area contributed by atoms with Crippen LogP contribution in [0.4, 0.5) is 16.0 Å². The van der Waals surface area contributed by atoms with Crippen LogP contribution in [0.2, 0.25) is 0 Å². The molecule has 1 N–H and O–H groups in total. The highest BCUT2D eigenvalue weighted by Gasteiger charge is 2.15. The first kappa shape index (κ1) is 20.7. The van der Waals surface area contributed by atoms with Crippen molar-refractivity contribution in [3.8, 4) is 28.5 Å². The molecule has 0 aliphatic carbocycles. The Morgan fingerprint density at radius 1 is 1.00 bits per heavy atom. The molecule has 0 radical (unpaired) electrons. The minimum atomic E-state index is -0.317. The average molecular weight is 466 g/mol. The van der Waals surface area contributed by atoms with E-state index in [0.29, 0.717) is 28.8 Å². The number of hydrogen-bond donors (Lipinski definition) is 1. The number of rotatable bonds is 5. The van der Waals surface area contributed by atoms with Gasteiger partial charge >= 0.3 is 0 Å². The Kier molecular flexibility index (Phi) is 4.80. The summed E-state index contributed by atoms with van der Waals surface area (Å²) in [5, 5.41) is 20.6. The van der Waals surface area contributed by atoms with E-state index in [9.17, 15) is 4.39 Å². The predicted molar refractivity (Wildman–Crippen MR) is 128 cm³/mol. The molecule has 0 bridgehead atoms. The largest absolute Gasteiger partial charge is 0.321 e. The number of anilines is 2. The zero-order valence-corrected chi connectivity index (χ0v) is 18.8. The molecule has 0 aliphatic rings. The molecule has 0 unspecified atom stereocenters. The molecule has 0 saturated heterocycles. The summed E-state index contributed by atoms with van der Waals surface area (Å²) in [6.07, 6.45) is 7.13. The Morgan fingerprint density at radius 2 is 1.91 bits per heavy atom. The zero-order chi connectivity index (χ0) is 23.9. The van der Waals surface area contributed by atoms with Crippen molar-refractivity contribution < 1.29 is 4.39 Å². The van der Waals surface area contributed by atoms with Gasteiger partial charge in [-0.1, -0.05) is 6.07 Å². The predicted octanol–water partition coefficient (Wildman–Crippen LogP) is 3.96. The van der Waals surface area contributed by atoms with Crippen molar-refractivity contribution in [2.45, 2.75) is 6.92 Å². The van der Waals surface area contributed by atoms with Crippen LogP contribution in [-0.2, 0) is 7.05 Å². The van der Waals surface area contributed by atoms with E-state index in [2.05, 4.69) is 35.7 Å². The SMILES string of the molecule is Cc1cc(-c2nnc3cc(-c4ccnc(Nc5cnn(C)c5)n4)ccn23)nn1-c1cccc(F)c1. The lowest BCUT2D eigenvalue weighted by molar-refractivity contribution is 0.625. The molecule has 1 aromatic carbocycles. The second-order valence-electron chi connectivity index (χ2n) is 8.02. The molecule has 6 aromatic rings. The van der Waals surface area contributed by atoms with Crippen LogP contribution >= 0.6 is 0 Å². The Bertz CT molecular complexity index is 1680. The normalized spacial score (nSPS) is 11.3. The highest BCUT2D eigenvalue weighted by molar-refractivity contribution is 5.67. The van der Waals surface area contributed by atoms with E-state index in [1.807, 2.05) is 55.0 Å². The van der Waals surface area contributed by atoms with E-state index >= 15 is 0 Å². The number of fused-ring (bicyclic) bond motifs is 1. The van der Waals surface area contributed by atoms with Gasteiger partial charge in [0.1, 0.15) is 11.5 Å². The van der Waals surface area contributed by atoms with Crippen molar-refractivity contribution in [1.82, 2.24) is 44.1 Å². The van der Waals surface area contributed by atoms with Gasteiger partial charge in [-0.25, -0.2) is 19.0 Å². The Labute approximate surface area is 198 Å². The minimum absolute atomic E-state index is 0.317. The van der Waals surface area contributed by atoms with Gasteiger partial charge < -0.3 is 5.32 Å². The quantitative estimate of drug-likeness (QED) is 0.410. The smallest absolute Gasteiger partial charge is 0.227 e. The van der Waals surface area contributed by atoms with Crippen molar-refractivity contribution in [3.63, 3.8) is 0 Å². The fraction of sp³-hybridized carbons (Fsp3) is 0.0833. The van der Waals surface area contributed by atoms with E-state index in [1.54, 1.807) is 33.9 Å². The molecular formula is C24H19FN10. The van der Waals surface area contributed by atoms with Gasteiger partial charge in [-0.15, -0.1) is 10.2 Å². The summed E-state index contributed by atoms with van der Waals surface area (Å²) in [7, 11) is 1.84. The molecular weight excluding hydrogens is 447 g/mol. The molecule has 0 aliphatic heterocycles. The minimum Gasteiger partial charge on any atom is -0.321 e. The van der Waals surface area contributed by atoms with Gasteiger partial charge in [0.2, 0.25) is 5.95 Å². The second kappa shape index (κ2) is 8.13. The van der Waals surface area contributed by atoms with Gasteiger partial charge in [-0.2, -0.15) is 10.2 Å². The fourth-order valence-corrected chi connectivity index (χ4v) is 3.87. The molecule has 11 heteroatoms. The molecule has 6 rings (SSSR count). The second-order valence-corrected chi connectivity index (χ2v) is 8.02. The maximum Gasteiger partial charge on any atom is 0.227 e. The number of nitrogens with zero attached hydrogens (tertiary/aromatic N) is 9. The summed E-state index contributed by atoms with van der Waals surface area (Å²) in [6, 6.07) is 13.9. The van der Waals surface area contributed by atoms with Crippen LogP contribution < -0.4 is 5.32 Å². The monoisotopic (exact) mass is 466 g/mol. The van der Waals surface area contributed by atoms with E-state index in [0.717, 1.165) is 22.6 Å². The molecule has 0 spiro atoms. The lowest BCUT2D eigenvalue weighted by atomic mass is 10.2. The van der Waals surface area contributed by atoms with Crippen LogP contribution in [-0.4, -0.2) is 44.1 Å². The van der Waals surface area contributed by atoms with Gasteiger partial charge in [-0.05, 0) is 49.4 Å². The van der Waals surface area contributed by atoms with Crippen molar-refractivity contribution in [1.29, 1.82) is 0 Å². The number of benzene rings is 1. The first-order chi connectivity index (χ1) is 17.0. The number of aryl methyl sites for hydroxylation is 2. The summed E-state index contributed by atoms with van der Waals surface area (Å²) >= 11 is 0. The Hall–Kier alpha value is -4.93. The van der Waals surface area contributed by atoms with Crippen molar-refractivity contribution in [2.75, 3.05) is 5.32 Å². The number of pyridine rings is 1. The van der Waals surface area contributed by atoms with Gasteiger partial charge in [-0.3, -0.25) is 9.08 Å². The van der Waals surface area contributed by atoms with E-state index in [1.165, 1.54) is 12.1 Å². The van der Waals surface area contributed by atoms with Gasteiger partial charge in [0.05, 0.1) is 23.3 Å². The maximum atomic E-state index is 13.7. The first-order valence-electron chi connectivity index (χ1n) is 10.8. The molecule has 5 heterocycles. The lowest BCUT2D eigenvalue weighted by Gasteiger charge is -2.05. The fourth-order valence-electron chi connectivity index (χ4n) is 3.87. The Balaban J connectivity index is 1.32. The zero-order valence-electron chi connectivity index (χ0n) is 18.8. The molecule has 0 atom stereocenters. The number of aromatic nitrogens is 9. The van der Waals surface area contributed by atoms with Crippen LogP contribution in [0.1, 0.15) is 5.69 Å². The molecule has 172 valence electrons. The summed E-state index contributed by atoms with van der Waals surface area (Å²) < 4.78 is 18.9. The Morgan fingerprint density at radius 3 is 2.74 bits per heavy atom. The highest BCUT2D eigenvalue weighted by atomic mass is 19.1. The first-order valence-corrected chi connectivity index (χ1v) is 10.8. The number of halogens is 1. The van der Waals surface area contributed by atoms with Crippen molar-refractivity contribution >= 4 is 17.3 Å². The van der Waals surface area contributed by atoms with E-state index in [4.69, 9.17) is 0 Å². The number of hydrogen-bond acceptors (Lipinski definition) is 7. The van der Waals surface area contributed by atoms with Gasteiger partial charge in [0.25, 0.3) is 0 Å². The summed E-state index contributed by atoms with van der Waals surface area (Å²) in [4.78, 5) is 8.90. The molecule has 0 fully saturated rings. The van der Waals surface area contributed by atoms with Crippen LogP contribution in [0.5, 0.6) is 0 Å². The molecule has 0 amide bonds. The van der Waals surface area contributed by atoms with Gasteiger partial charge in [0, 0.05) is 36.9 Å². The van der Waals surface area contributed by atoms with Crippen LogP contribution in [0.3, 0.4) is 0 Å². The molecule has 5 aromatic heterocycles. The standard InChI is InChI=1S/C24H19FN10/c1-15-10-21(32-35(15)19-5-3-4-17(25)12-19)23-31-30-22-11-16(7-9-34(22)23)20-6-8-26-24(29-20)28-18-13-27-33(2)14-18/h3-14H,1-2H3,(H,26,28,29). The maximum absolute atomic E-state index is 13.7. The summed E-state index contributed by atoms with van der Waals surface area (Å²) in [5.41, 5.74) is 5.19. The van der Waals surface area contributed by atoms with Crippen molar-refractivity contribution in [3.05, 3.63) is 84.8 Å². The topological polar surface area (TPSA) is 104 Å². The van der Waals surface area contributed by atoms with Gasteiger partial charge in [0.15, 0.2) is 11.5 Å². The van der Waals surface area contributed by atoms with E-state index < -0.39 is 0 Å². The summed E-state index contributed by atoms with van der Waals surface area (Å²) in [6.45, 7) is 1.91. The molecule has 0 saturated carbocycles. The van der Waals surface area contributed by atoms with Crippen molar-refractivity contribution in [2.24, 2.45) is 7.05 Å². The average Bonchev–Trinajstić information content (AvgIpc) is 3.57. The third-order valence-electron chi connectivity index (χ3n) is 5.49. The lowest BCUT2D eigenvalue weighted by Crippen LogP contribution is -2.00. The molecule has 10 nitrogen and oxygen atoms in total. The van der Waals surface area contributed by atoms with Crippen LogP contribution in [0.15, 0.2) is 73.3 Å². The summed E-state index contributed by atoms with van der Waals surface area (Å²) in [5.74, 6) is 0.741. The number of nitrogens with one attached hydrogen (secondary N) is 1. The van der Waals surface area contributed by atoms with Crippen LogP contribution in [0.25, 0.3) is 34.1 Å². The third-order valence-corrected chi connectivity index (χ3v) is 5.49. The highest BCUT2D eigenvalue weighted by Crippen LogP contribution is 2.25. The van der Waals surface area contributed by atoms with E-state index in [-0.39, 0.29) is 5.82 Å². The van der Waals surface area contributed by atoms with Crippen LogP contribution in [0, 0.1) is 12.7 Å². The third kappa shape index (κ3) is 3.88.